The first-order valence-electron chi connectivity index (χ1n) is 14.2. The van der Waals surface area contributed by atoms with Crippen molar-refractivity contribution in [2.24, 2.45) is 34.1 Å². The van der Waals surface area contributed by atoms with Crippen LogP contribution in [0.25, 0.3) is 10.9 Å². The van der Waals surface area contributed by atoms with Gasteiger partial charge in [-0.2, -0.15) is 6.20 Å². The summed E-state index contributed by atoms with van der Waals surface area (Å²) in [6.07, 6.45) is 12.6. The summed E-state index contributed by atoms with van der Waals surface area (Å²) < 4.78 is 6.46. The number of carbonyl (C=O) groups excluding carboxylic acids is 2. The van der Waals surface area contributed by atoms with Crippen LogP contribution < -0.4 is 15.4 Å². The number of fused-ring (bicyclic) bond motifs is 4. The lowest BCUT2D eigenvalue weighted by molar-refractivity contribution is -0.298. The van der Waals surface area contributed by atoms with Crippen LogP contribution in [-0.2, 0) is 20.7 Å². The SMILES string of the molecule is CC1=CC(C)CC=CC2C3OC3(C)C(C)C3C(Cc4c[n-]c5ccccc45)NC(=O)C23C2=NC(=C([O-])C1=O)C=C2. The minimum Gasteiger partial charge on any atom is -0.868 e. The summed E-state index contributed by atoms with van der Waals surface area (Å²) in [4.78, 5) is 36.8. The minimum absolute atomic E-state index is 0.0382. The summed E-state index contributed by atoms with van der Waals surface area (Å²) in [5.41, 5.74) is 1.71. The average Bonchev–Trinajstić information content (AvgIpc) is 3.26. The molecule has 2 bridgehead atoms. The Kier molecular flexibility index (Phi) is 5.46. The van der Waals surface area contributed by atoms with E-state index >= 15 is 0 Å². The Bertz CT molecular complexity index is 1610. The van der Waals surface area contributed by atoms with Crippen LogP contribution in [0.3, 0.4) is 0 Å². The fourth-order valence-electron chi connectivity index (χ4n) is 7.98. The summed E-state index contributed by atoms with van der Waals surface area (Å²) in [5.74, 6) is -1.59. The van der Waals surface area contributed by atoms with Gasteiger partial charge < -0.3 is 20.1 Å². The molecule has 3 fully saturated rings. The molecule has 1 aromatic carbocycles. The number of para-hydroxylation sites is 1. The van der Waals surface area contributed by atoms with Gasteiger partial charge in [0.1, 0.15) is 5.41 Å². The Hall–Kier alpha value is -3.71. The molecule has 7 rings (SSSR count). The highest BCUT2D eigenvalue weighted by atomic mass is 16.6. The number of benzene rings is 1. The number of ether oxygens (including phenoxy) is 1. The second kappa shape index (κ2) is 8.64. The molecule has 7 heteroatoms. The molecule has 8 unspecified atom stereocenters. The van der Waals surface area contributed by atoms with Crippen LogP contribution in [0.4, 0.5) is 0 Å². The molecule has 2 saturated heterocycles. The maximum Gasteiger partial charge on any atom is 0.233 e. The summed E-state index contributed by atoms with van der Waals surface area (Å²) in [5, 5.41) is 17.7. The molecule has 1 N–H and O–H groups in total. The molecule has 5 aliphatic rings. The Morgan fingerprint density at radius 1 is 1.20 bits per heavy atom. The van der Waals surface area contributed by atoms with Crippen molar-refractivity contribution in [3.63, 3.8) is 0 Å². The molecule has 1 amide bonds. The smallest absolute Gasteiger partial charge is 0.233 e. The van der Waals surface area contributed by atoms with Gasteiger partial charge in [0.2, 0.25) is 5.91 Å². The lowest BCUT2D eigenvalue weighted by Crippen LogP contribution is -2.57. The van der Waals surface area contributed by atoms with Gasteiger partial charge in [0.05, 0.1) is 23.1 Å². The van der Waals surface area contributed by atoms with E-state index in [1.807, 2.05) is 37.4 Å². The zero-order valence-electron chi connectivity index (χ0n) is 23.2. The Morgan fingerprint density at radius 3 is 2.83 bits per heavy atom. The molecule has 5 heterocycles. The third-order valence-corrected chi connectivity index (χ3v) is 10.1. The average molecular weight is 536 g/mol. The van der Waals surface area contributed by atoms with E-state index in [0.29, 0.717) is 24.1 Å². The van der Waals surface area contributed by atoms with Gasteiger partial charge in [0.15, 0.2) is 5.78 Å². The first-order valence-corrected chi connectivity index (χ1v) is 14.2. The van der Waals surface area contributed by atoms with Crippen LogP contribution >= 0.6 is 0 Å². The molecular weight excluding hydrogens is 502 g/mol. The minimum atomic E-state index is -1.03. The fourth-order valence-corrected chi connectivity index (χ4v) is 7.98. The van der Waals surface area contributed by atoms with Gasteiger partial charge in [-0.25, -0.2) is 0 Å². The second-order valence-electron chi connectivity index (χ2n) is 12.4. The summed E-state index contributed by atoms with van der Waals surface area (Å²) in [6, 6.07) is 7.89. The number of rotatable bonds is 2. The quantitative estimate of drug-likeness (QED) is 0.467. The Labute approximate surface area is 233 Å². The van der Waals surface area contributed by atoms with Crippen LogP contribution in [0.15, 0.2) is 82.9 Å². The number of allylic oxidation sites excluding steroid dienone is 5. The number of nitrogens with zero attached hydrogens (tertiary/aromatic N) is 2. The van der Waals surface area contributed by atoms with Crippen LogP contribution in [0, 0.1) is 29.1 Å². The first-order chi connectivity index (χ1) is 19.2. The van der Waals surface area contributed by atoms with Crippen LogP contribution in [-0.4, -0.2) is 35.1 Å². The standard InChI is InChI=1S/C33H34N3O4/c1-17-8-7-10-22-30-32(4,40-30)19(3)27-25(15-20-16-34-23-11-6-5-9-21(20)23)36-31(39)33(22,27)26-13-12-24(35-26)29(38)28(37)18(2)14-17/h5-7,9-14,16-17,19,22,25,27,30H,8,15H2,1-4H3,(H,35,38)(H,36,39)/q-1/p-1. The molecular formula is C33H33N3O4-2. The number of Topliss-reactive ketones (excluding diaryl/α,β-unsaturated/α-hetero) is 1. The topological polar surface area (TPSA) is 108 Å². The molecule has 40 heavy (non-hydrogen) atoms. The first kappa shape index (κ1) is 25.3. The van der Waals surface area contributed by atoms with Crippen molar-refractivity contribution in [1.82, 2.24) is 10.3 Å². The van der Waals surface area contributed by atoms with E-state index < -0.39 is 17.0 Å². The number of aromatic nitrogens is 1. The number of nitrogens with one attached hydrogen (secondary N) is 1. The zero-order chi connectivity index (χ0) is 28.0. The predicted octanol–water partition coefficient (Wildman–Crippen LogP) is 3.56. The molecule has 1 aliphatic carbocycles. The summed E-state index contributed by atoms with van der Waals surface area (Å²) in [7, 11) is 0. The van der Waals surface area contributed by atoms with Crippen LogP contribution in [0.5, 0.6) is 0 Å². The lowest BCUT2D eigenvalue weighted by Gasteiger charge is -2.46. The highest BCUT2D eigenvalue weighted by Gasteiger charge is 2.77. The van der Waals surface area contributed by atoms with Gasteiger partial charge in [0.25, 0.3) is 0 Å². The fraction of sp³-hybridized carbons (Fsp3) is 0.424. The number of carbonyl (C=O) groups is 2. The second-order valence-corrected chi connectivity index (χ2v) is 12.4. The maximum absolute atomic E-state index is 14.4. The monoisotopic (exact) mass is 535 g/mol. The van der Waals surface area contributed by atoms with E-state index in [0.717, 1.165) is 16.5 Å². The Balaban J connectivity index is 1.40. The van der Waals surface area contributed by atoms with Gasteiger partial charge in [-0.3, -0.25) is 14.6 Å². The van der Waals surface area contributed by atoms with E-state index in [9.17, 15) is 14.7 Å². The van der Waals surface area contributed by atoms with Gasteiger partial charge in [-0.15, -0.1) is 5.52 Å². The molecule has 7 nitrogen and oxygen atoms in total. The van der Waals surface area contributed by atoms with Gasteiger partial charge in [-0.05, 0) is 67.4 Å². The third kappa shape index (κ3) is 3.36. The summed E-state index contributed by atoms with van der Waals surface area (Å²) >= 11 is 0. The van der Waals surface area contributed by atoms with Crippen molar-refractivity contribution in [2.45, 2.75) is 58.3 Å². The van der Waals surface area contributed by atoms with E-state index in [1.54, 1.807) is 19.1 Å². The normalized spacial score (nSPS) is 38.5. The van der Waals surface area contributed by atoms with Crippen LogP contribution in [0.1, 0.15) is 39.7 Å². The third-order valence-electron chi connectivity index (χ3n) is 10.1. The van der Waals surface area contributed by atoms with Crippen molar-refractivity contribution < 1.29 is 19.4 Å². The predicted molar refractivity (Wildman–Crippen MR) is 150 cm³/mol. The zero-order valence-corrected chi connectivity index (χ0v) is 23.2. The lowest BCUT2D eigenvalue weighted by atomic mass is 9.51. The number of epoxide rings is 1. The number of aliphatic imine (C=N–C) groups is 1. The van der Waals surface area contributed by atoms with Crippen molar-refractivity contribution >= 4 is 28.3 Å². The summed E-state index contributed by atoms with van der Waals surface area (Å²) in [6.45, 7) is 8.04. The largest absolute Gasteiger partial charge is 0.868 e. The molecule has 2 aromatic rings. The van der Waals surface area contributed by atoms with Crippen molar-refractivity contribution in [2.75, 3.05) is 0 Å². The molecule has 1 spiro atoms. The molecule has 1 saturated carbocycles. The molecule has 0 radical (unpaired) electrons. The van der Waals surface area contributed by atoms with Gasteiger partial charge in [-0.1, -0.05) is 61.9 Å². The highest BCUT2D eigenvalue weighted by molar-refractivity contribution is 6.18. The van der Waals surface area contributed by atoms with E-state index in [-0.39, 0.29) is 53.0 Å². The van der Waals surface area contributed by atoms with Crippen molar-refractivity contribution in [3.05, 3.63) is 83.4 Å². The van der Waals surface area contributed by atoms with E-state index in [2.05, 4.69) is 42.4 Å². The van der Waals surface area contributed by atoms with E-state index in [4.69, 9.17) is 9.73 Å². The van der Waals surface area contributed by atoms with Crippen molar-refractivity contribution in [3.8, 4) is 0 Å². The molecule has 4 aliphatic heterocycles. The van der Waals surface area contributed by atoms with Crippen LogP contribution in [0.2, 0.25) is 0 Å². The number of amides is 1. The highest BCUT2D eigenvalue weighted by Crippen LogP contribution is 2.66. The number of ketones is 1. The molecule has 206 valence electrons. The van der Waals surface area contributed by atoms with Gasteiger partial charge >= 0.3 is 0 Å². The van der Waals surface area contributed by atoms with E-state index in [1.165, 1.54) is 0 Å². The molecule has 8 atom stereocenters. The molecule has 1 aromatic heterocycles. The number of hydrogen-bond donors (Lipinski definition) is 1. The Morgan fingerprint density at radius 2 is 2.00 bits per heavy atom. The maximum atomic E-state index is 14.4. The number of hydrogen-bond acceptors (Lipinski definition) is 5. The van der Waals surface area contributed by atoms with Crippen molar-refractivity contribution in [1.29, 1.82) is 0 Å². The van der Waals surface area contributed by atoms with Gasteiger partial charge in [0, 0.05) is 17.9 Å².